The molecule has 8 atom stereocenters. The predicted molar refractivity (Wildman–Crippen MR) is 283 cm³/mol. The fourth-order valence-corrected chi connectivity index (χ4v) is 11.5. The summed E-state index contributed by atoms with van der Waals surface area (Å²) in [5.74, 6) is 1.20. The predicted octanol–water partition coefficient (Wildman–Crippen LogP) is 7.08. The van der Waals surface area contributed by atoms with Gasteiger partial charge in [0, 0.05) is 36.2 Å². The molecule has 0 amide bonds. The summed E-state index contributed by atoms with van der Waals surface area (Å²) in [6.45, 7) is 20.8. The summed E-state index contributed by atoms with van der Waals surface area (Å²) in [5, 5.41) is 16.1. The Bertz CT molecular complexity index is 2860. The van der Waals surface area contributed by atoms with Gasteiger partial charge in [-0.1, -0.05) is 35.3 Å². The molecule has 6 aromatic heterocycles. The lowest BCUT2D eigenvalue weighted by molar-refractivity contribution is -0.105. The van der Waals surface area contributed by atoms with Crippen molar-refractivity contribution in [3.8, 4) is 23.0 Å². The SMILES string of the molecule is Cc1cccc(-c2nnc(CS(=O)(=O)[C@@H](C)[C@@H](OC(C)C)c3ncc(Cl)cn3)n2[C@H](C)[C@@H]2COCCO2)n1.Cc1cccc(-c2nnc(CS(=O)(=O)[C@@H](C)[C@@H](OC(C)C)c3ncc(Cl)cn3)n2[C@H](C)[C@H]2COCCO2)n1. The first-order chi connectivity index (χ1) is 36.1. The molecule has 76 heavy (non-hydrogen) atoms. The molecule has 26 heteroatoms. The number of sulfone groups is 2. The van der Waals surface area contributed by atoms with Gasteiger partial charge in [0.05, 0.1) is 84.5 Å². The van der Waals surface area contributed by atoms with E-state index in [0.29, 0.717) is 72.7 Å². The maximum Gasteiger partial charge on any atom is 0.182 e. The second-order valence-electron chi connectivity index (χ2n) is 19.2. The highest BCUT2D eigenvalue weighted by molar-refractivity contribution is 7.91. The van der Waals surface area contributed by atoms with Crippen LogP contribution >= 0.6 is 23.2 Å². The van der Waals surface area contributed by atoms with Crippen LogP contribution in [0.25, 0.3) is 23.0 Å². The van der Waals surface area contributed by atoms with E-state index < -0.39 is 42.4 Å². The monoisotopic (exact) mass is 1130 g/mol. The number of pyridine rings is 2. The first-order valence-corrected chi connectivity index (χ1v) is 29.1. The normalized spacial score (nSPS) is 18.9. The molecule has 2 aliphatic heterocycles. The molecule has 0 unspecified atom stereocenters. The summed E-state index contributed by atoms with van der Waals surface area (Å²) in [6.07, 6.45) is 2.75. The van der Waals surface area contributed by atoms with Crippen LogP contribution in [0.5, 0.6) is 0 Å². The number of aryl methyl sites for hydroxylation is 2. The second-order valence-corrected chi connectivity index (χ2v) is 24.7. The molecule has 412 valence electrons. The zero-order valence-electron chi connectivity index (χ0n) is 44.2. The zero-order valence-corrected chi connectivity index (χ0v) is 47.4. The maximum absolute atomic E-state index is 13.8. The van der Waals surface area contributed by atoms with E-state index in [1.807, 2.05) is 91.8 Å². The molecule has 0 aromatic carbocycles. The average Bonchev–Trinajstić information content (AvgIpc) is 4.01. The zero-order chi connectivity index (χ0) is 54.9. The van der Waals surface area contributed by atoms with E-state index in [-0.39, 0.29) is 71.3 Å². The fraction of sp³-hybridized carbons (Fsp3) is 0.560. The summed E-state index contributed by atoms with van der Waals surface area (Å²) in [5.41, 5.74) is 2.80. The van der Waals surface area contributed by atoms with Crippen molar-refractivity contribution in [3.05, 3.63) is 106 Å². The smallest absolute Gasteiger partial charge is 0.182 e. The number of hydrogen-bond donors (Lipinski definition) is 0. The molecule has 2 fully saturated rings. The Morgan fingerprint density at radius 3 is 1.25 bits per heavy atom. The second kappa shape index (κ2) is 26.1. The highest BCUT2D eigenvalue weighted by Crippen LogP contribution is 2.33. The van der Waals surface area contributed by atoms with Crippen molar-refractivity contribution in [3.63, 3.8) is 0 Å². The molecule has 22 nitrogen and oxygen atoms in total. The van der Waals surface area contributed by atoms with Crippen molar-refractivity contribution in [2.45, 2.75) is 140 Å². The van der Waals surface area contributed by atoms with Crippen molar-refractivity contribution < 1.29 is 45.3 Å². The van der Waals surface area contributed by atoms with Gasteiger partial charge in [-0.15, -0.1) is 20.4 Å². The van der Waals surface area contributed by atoms with Crippen LogP contribution in [0, 0.1) is 13.8 Å². The van der Waals surface area contributed by atoms with Gasteiger partial charge >= 0.3 is 0 Å². The van der Waals surface area contributed by atoms with E-state index in [1.165, 1.54) is 24.8 Å². The minimum absolute atomic E-state index is 0.242. The third kappa shape index (κ3) is 14.8. The van der Waals surface area contributed by atoms with Crippen LogP contribution in [0.15, 0.2) is 61.2 Å². The molecule has 0 bridgehead atoms. The molecule has 8 rings (SSSR count). The van der Waals surface area contributed by atoms with Gasteiger partial charge in [0.15, 0.2) is 43.0 Å². The van der Waals surface area contributed by atoms with Gasteiger partial charge in [-0.25, -0.2) is 46.7 Å². The van der Waals surface area contributed by atoms with Crippen molar-refractivity contribution in [1.29, 1.82) is 0 Å². The molecule has 8 heterocycles. The van der Waals surface area contributed by atoms with Crippen LogP contribution < -0.4 is 0 Å². The van der Waals surface area contributed by atoms with Gasteiger partial charge in [0.25, 0.3) is 0 Å². The number of nitrogens with zero attached hydrogens (tertiary/aromatic N) is 12. The fourth-order valence-electron chi connectivity index (χ4n) is 8.57. The van der Waals surface area contributed by atoms with Gasteiger partial charge in [0.2, 0.25) is 0 Å². The molecule has 0 saturated carbocycles. The molecule has 0 spiro atoms. The van der Waals surface area contributed by atoms with Crippen LogP contribution in [0.2, 0.25) is 10.0 Å². The number of aromatic nitrogens is 12. The quantitative estimate of drug-likeness (QED) is 0.0739. The first-order valence-electron chi connectivity index (χ1n) is 25.0. The molecule has 0 aliphatic carbocycles. The van der Waals surface area contributed by atoms with Crippen molar-refractivity contribution >= 4 is 42.9 Å². The number of rotatable bonds is 20. The molecule has 2 aliphatic rings. The first kappa shape index (κ1) is 58.7. The Balaban J connectivity index is 0.000000221. The minimum atomic E-state index is -3.83. The molecule has 0 N–H and O–H groups in total. The summed E-state index contributed by atoms with van der Waals surface area (Å²) in [6, 6.07) is 10.5. The summed E-state index contributed by atoms with van der Waals surface area (Å²) >= 11 is 11.9. The maximum atomic E-state index is 13.8. The summed E-state index contributed by atoms with van der Waals surface area (Å²) in [4.78, 5) is 26.1. The Kier molecular flexibility index (Phi) is 20.1. The topological polar surface area (TPSA) is 262 Å². The van der Waals surface area contributed by atoms with Crippen molar-refractivity contribution in [2.75, 3.05) is 39.6 Å². The highest BCUT2D eigenvalue weighted by atomic mass is 35.5. The summed E-state index contributed by atoms with van der Waals surface area (Å²) in [7, 11) is -7.67. The van der Waals surface area contributed by atoms with E-state index in [9.17, 15) is 16.8 Å². The van der Waals surface area contributed by atoms with E-state index in [4.69, 9.17) is 51.6 Å². The van der Waals surface area contributed by atoms with E-state index >= 15 is 0 Å². The Hall–Kier alpha value is -5.02. The molecular weight excluding hydrogens is 1060 g/mol. The lowest BCUT2D eigenvalue weighted by Gasteiger charge is -2.30. The average molecular weight is 1130 g/mol. The van der Waals surface area contributed by atoms with Crippen molar-refractivity contribution in [1.82, 2.24) is 59.4 Å². The number of halogens is 2. The Morgan fingerprint density at radius 2 is 0.934 bits per heavy atom. The largest absolute Gasteiger partial charge is 0.376 e. The Morgan fingerprint density at radius 1 is 0.566 bits per heavy atom. The van der Waals surface area contributed by atoms with Gasteiger partial charge in [-0.2, -0.15) is 0 Å². The van der Waals surface area contributed by atoms with Gasteiger partial charge in [0.1, 0.15) is 59.0 Å². The van der Waals surface area contributed by atoms with Crippen LogP contribution in [0.1, 0.15) is 114 Å². The molecular formula is C50H66Cl2N12O10S2. The third-order valence-corrected chi connectivity index (χ3v) is 17.1. The van der Waals surface area contributed by atoms with E-state index in [0.717, 1.165) is 11.4 Å². The Labute approximate surface area is 453 Å². The molecule has 0 radical (unpaired) electrons. The third-order valence-electron chi connectivity index (χ3n) is 12.6. The lowest BCUT2D eigenvalue weighted by atomic mass is 10.1. The highest BCUT2D eigenvalue weighted by Gasteiger charge is 2.39. The van der Waals surface area contributed by atoms with Crippen LogP contribution in [-0.4, -0.2) is 151 Å². The molecule has 6 aromatic rings. The van der Waals surface area contributed by atoms with Crippen molar-refractivity contribution in [2.24, 2.45) is 0 Å². The standard InChI is InChI=1S/2C25H33ClN6O5S/c2*1-15(2)37-23(24-27-11-19(26)12-28-24)18(5)38(33,34)14-22-30-31-25(20-8-6-7-16(3)29-20)32(22)17(4)21-13-35-9-10-36-21/h2*6-8,11-12,15,17-18,21,23H,9-10,13-14H2,1-5H3/t17-,18+,21+,23-;17-,18+,21-,23-/m11/s1. The van der Waals surface area contributed by atoms with Gasteiger partial charge in [-0.3, -0.25) is 0 Å². The van der Waals surface area contributed by atoms with Gasteiger partial charge < -0.3 is 37.6 Å². The van der Waals surface area contributed by atoms with Crippen LogP contribution in [0.3, 0.4) is 0 Å². The minimum Gasteiger partial charge on any atom is -0.376 e. The van der Waals surface area contributed by atoms with Gasteiger partial charge in [-0.05, 0) is 93.5 Å². The number of hydrogen-bond acceptors (Lipinski definition) is 20. The van der Waals surface area contributed by atoms with E-state index in [1.54, 1.807) is 23.0 Å². The lowest BCUT2D eigenvalue weighted by Crippen LogP contribution is -2.37. The molecule has 2 saturated heterocycles. The summed E-state index contributed by atoms with van der Waals surface area (Å²) < 4.78 is 93.9. The van der Waals surface area contributed by atoms with Crippen LogP contribution in [0.4, 0.5) is 0 Å². The van der Waals surface area contributed by atoms with Crippen LogP contribution in [-0.2, 0) is 59.6 Å². The van der Waals surface area contributed by atoms with E-state index in [2.05, 4.69) is 50.3 Å². The number of ether oxygens (including phenoxy) is 6.